The number of aliphatic hydroxyl groups excluding tert-OH is 1. The van der Waals surface area contributed by atoms with Crippen LogP contribution in [0.1, 0.15) is 27.2 Å². The lowest BCUT2D eigenvalue weighted by Gasteiger charge is -2.25. The Morgan fingerprint density at radius 3 is 2.00 bits per heavy atom. The largest absolute Gasteiger partial charge is 0.401 e. The normalized spacial score (nSPS) is 15.6. The van der Waals surface area contributed by atoms with Gasteiger partial charge in [0, 0.05) is 6.04 Å². The maximum absolute atomic E-state index is 11.8. The third-order valence-electron chi connectivity index (χ3n) is 1.67. The maximum atomic E-state index is 11.8. The van der Waals surface area contributed by atoms with E-state index in [0.29, 0.717) is 6.42 Å². The summed E-state index contributed by atoms with van der Waals surface area (Å²) < 4.78 is 35.5. The van der Waals surface area contributed by atoms with Gasteiger partial charge in [-0.05, 0) is 11.8 Å². The lowest BCUT2D eigenvalue weighted by atomic mass is 9.88. The predicted octanol–water partition coefficient (Wildman–Crippen LogP) is 1.94. The van der Waals surface area contributed by atoms with Crippen LogP contribution in [0.3, 0.4) is 0 Å². The Hall–Kier alpha value is -0.290. The lowest BCUT2D eigenvalue weighted by Crippen LogP contribution is -2.41. The first-order chi connectivity index (χ1) is 6.14. The summed E-state index contributed by atoms with van der Waals surface area (Å²) in [6.45, 7) is 4.45. The van der Waals surface area contributed by atoms with Crippen LogP contribution in [0.5, 0.6) is 0 Å². The molecule has 0 aromatic rings. The van der Waals surface area contributed by atoms with E-state index in [0.717, 1.165) is 0 Å². The van der Waals surface area contributed by atoms with Crippen molar-refractivity contribution >= 4 is 0 Å². The lowest BCUT2D eigenvalue weighted by molar-refractivity contribution is -0.127. The minimum atomic E-state index is -4.22. The van der Waals surface area contributed by atoms with Crippen LogP contribution in [0.15, 0.2) is 0 Å². The average molecular weight is 213 g/mol. The van der Waals surface area contributed by atoms with Crippen LogP contribution in [0.25, 0.3) is 0 Å². The first-order valence-corrected chi connectivity index (χ1v) is 4.55. The minimum Gasteiger partial charge on any atom is -0.395 e. The van der Waals surface area contributed by atoms with Gasteiger partial charge in [0.25, 0.3) is 0 Å². The van der Waals surface area contributed by atoms with Crippen LogP contribution in [-0.2, 0) is 0 Å². The van der Waals surface area contributed by atoms with Crippen LogP contribution in [0.2, 0.25) is 0 Å². The molecule has 0 rings (SSSR count). The van der Waals surface area contributed by atoms with E-state index in [1.165, 1.54) is 0 Å². The second kappa shape index (κ2) is 4.98. The molecule has 0 spiro atoms. The van der Waals surface area contributed by atoms with Crippen molar-refractivity contribution in [3.8, 4) is 0 Å². The minimum absolute atomic E-state index is 0.0913. The summed E-state index contributed by atoms with van der Waals surface area (Å²) >= 11 is 0. The van der Waals surface area contributed by atoms with Crippen molar-refractivity contribution in [2.24, 2.45) is 5.41 Å². The fourth-order valence-corrected chi connectivity index (χ4v) is 1.20. The number of aliphatic hydroxyl groups is 1. The molecule has 2 nitrogen and oxygen atoms in total. The Labute approximate surface area is 82.5 Å². The Balaban J connectivity index is 3.93. The molecule has 0 aliphatic heterocycles. The SMILES string of the molecule is CC(C)(C)CC(CO)NCC(F)(F)F. The first kappa shape index (κ1) is 13.7. The molecule has 5 heteroatoms. The van der Waals surface area contributed by atoms with Gasteiger partial charge in [-0.15, -0.1) is 0 Å². The van der Waals surface area contributed by atoms with E-state index in [9.17, 15) is 13.2 Å². The van der Waals surface area contributed by atoms with Crippen molar-refractivity contribution in [2.75, 3.05) is 13.2 Å². The summed E-state index contributed by atoms with van der Waals surface area (Å²) in [5.74, 6) is 0. The highest BCUT2D eigenvalue weighted by Crippen LogP contribution is 2.21. The van der Waals surface area contributed by atoms with Gasteiger partial charge in [0.05, 0.1) is 13.2 Å². The van der Waals surface area contributed by atoms with Gasteiger partial charge < -0.3 is 10.4 Å². The smallest absolute Gasteiger partial charge is 0.395 e. The van der Waals surface area contributed by atoms with Crippen LogP contribution >= 0.6 is 0 Å². The molecular weight excluding hydrogens is 195 g/mol. The number of hydrogen-bond donors (Lipinski definition) is 2. The quantitative estimate of drug-likeness (QED) is 0.748. The third-order valence-corrected chi connectivity index (χ3v) is 1.67. The maximum Gasteiger partial charge on any atom is 0.401 e. The summed E-state index contributed by atoms with van der Waals surface area (Å²) in [4.78, 5) is 0. The van der Waals surface area contributed by atoms with Gasteiger partial charge in [-0.2, -0.15) is 13.2 Å². The Morgan fingerprint density at radius 1 is 1.21 bits per heavy atom. The van der Waals surface area contributed by atoms with E-state index in [2.05, 4.69) is 5.32 Å². The highest BCUT2D eigenvalue weighted by molar-refractivity contribution is 4.75. The van der Waals surface area contributed by atoms with Crippen LogP contribution in [-0.4, -0.2) is 30.5 Å². The molecule has 1 unspecified atom stereocenters. The first-order valence-electron chi connectivity index (χ1n) is 4.55. The van der Waals surface area contributed by atoms with Gasteiger partial charge in [0.1, 0.15) is 0 Å². The Morgan fingerprint density at radius 2 is 1.71 bits per heavy atom. The van der Waals surface area contributed by atoms with E-state index in [4.69, 9.17) is 5.11 Å². The van der Waals surface area contributed by atoms with Crippen molar-refractivity contribution in [1.82, 2.24) is 5.32 Å². The zero-order chi connectivity index (χ0) is 11.4. The molecule has 86 valence electrons. The van der Waals surface area contributed by atoms with Gasteiger partial charge in [0.15, 0.2) is 0 Å². The van der Waals surface area contributed by atoms with E-state index < -0.39 is 18.8 Å². The number of nitrogens with one attached hydrogen (secondary N) is 1. The van der Waals surface area contributed by atoms with Crippen molar-refractivity contribution in [1.29, 1.82) is 0 Å². The monoisotopic (exact) mass is 213 g/mol. The molecule has 0 radical (unpaired) electrons. The highest BCUT2D eigenvalue weighted by atomic mass is 19.4. The molecule has 0 aromatic heterocycles. The van der Waals surface area contributed by atoms with E-state index >= 15 is 0 Å². The van der Waals surface area contributed by atoms with Crippen molar-refractivity contribution in [2.45, 2.75) is 39.4 Å². The Kier molecular flexibility index (Phi) is 4.88. The molecule has 0 saturated carbocycles. The highest BCUT2D eigenvalue weighted by Gasteiger charge is 2.28. The fourth-order valence-electron chi connectivity index (χ4n) is 1.20. The van der Waals surface area contributed by atoms with Crippen molar-refractivity contribution < 1.29 is 18.3 Å². The number of alkyl halides is 3. The van der Waals surface area contributed by atoms with Crippen LogP contribution in [0, 0.1) is 5.41 Å². The number of rotatable bonds is 4. The molecule has 0 fully saturated rings. The molecule has 0 aliphatic rings. The average Bonchev–Trinajstić information content (AvgIpc) is 1.94. The van der Waals surface area contributed by atoms with E-state index in [1.54, 1.807) is 0 Å². The molecule has 0 saturated heterocycles. The topological polar surface area (TPSA) is 32.3 Å². The molecule has 1 atom stereocenters. The van der Waals surface area contributed by atoms with E-state index in [1.807, 2.05) is 20.8 Å². The molecule has 0 aliphatic carbocycles. The van der Waals surface area contributed by atoms with Crippen LogP contribution in [0.4, 0.5) is 13.2 Å². The second-order valence-electron chi connectivity index (χ2n) is 4.64. The number of halogens is 3. The van der Waals surface area contributed by atoms with Crippen molar-refractivity contribution in [3.05, 3.63) is 0 Å². The summed E-state index contributed by atoms with van der Waals surface area (Å²) in [6.07, 6.45) is -3.70. The molecule has 0 heterocycles. The van der Waals surface area contributed by atoms with Gasteiger partial charge in [0.2, 0.25) is 0 Å². The fraction of sp³-hybridized carbons (Fsp3) is 1.00. The zero-order valence-electron chi connectivity index (χ0n) is 8.78. The zero-order valence-corrected chi connectivity index (χ0v) is 8.78. The second-order valence-corrected chi connectivity index (χ2v) is 4.64. The predicted molar refractivity (Wildman–Crippen MR) is 49.0 cm³/mol. The molecule has 0 amide bonds. The standard InChI is InChI=1S/C9H18F3NO/c1-8(2,3)4-7(5-14)13-6-9(10,11)12/h7,13-14H,4-6H2,1-3H3. The van der Waals surface area contributed by atoms with Gasteiger partial charge in [-0.1, -0.05) is 20.8 Å². The summed E-state index contributed by atoms with van der Waals surface area (Å²) in [6, 6.07) is -0.489. The number of hydrogen-bond acceptors (Lipinski definition) is 2. The molecule has 0 bridgehead atoms. The molecule has 14 heavy (non-hydrogen) atoms. The van der Waals surface area contributed by atoms with Gasteiger partial charge in [-0.25, -0.2) is 0 Å². The van der Waals surface area contributed by atoms with Crippen LogP contribution < -0.4 is 5.32 Å². The molecule has 2 N–H and O–H groups in total. The summed E-state index contributed by atoms with van der Waals surface area (Å²) in [5.41, 5.74) is -0.0913. The van der Waals surface area contributed by atoms with E-state index in [-0.39, 0.29) is 12.0 Å². The molecular formula is C9H18F3NO. The molecule has 0 aromatic carbocycles. The van der Waals surface area contributed by atoms with Gasteiger partial charge in [-0.3, -0.25) is 0 Å². The summed E-state index contributed by atoms with van der Waals surface area (Å²) in [5, 5.41) is 11.1. The summed E-state index contributed by atoms with van der Waals surface area (Å²) in [7, 11) is 0. The third kappa shape index (κ3) is 8.31. The van der Waals surface area contributed by atoms with Crippen molar-refractivity contribution in [3.63, 3.8) is 0 Å². The Bertz CT molecular complexity index is 162. The van der Waals surface area contributed by atoms with Gasteiger partial charge >= 0.3 is 6.18 Å².